The third-order valence-corrected chi connectivity index (χ3v) is 1.58. The van der Waals surface area contributed by atoms with Gasteiger partial charge in [0.15, 0.2) is 0 Å². The van der Waals surface area contributed by atoms with Crippen molar-refractivity contribution in [1.29, 1.82) is 0 Å². The minimum Gasteiger partial charge on any atom is -0.382 e. The molecule has 0 radical (unpaired) electrons. The predicted octanol–water partition coefficient (Wildman–Crippen LogP) is 2.09. The number of hydrogen-bond donors (Lipinski definition) is 3. The molecule has 5 nitrogen and oxygen atoms in total. The van der Waals surface area contributed by atoms with E-state index in [1.807, 2.05) is 42.7 Å². The molecule has 3 heterocycles. The summed E-state index contributed by atoms with van der Waals surface area (Å²) in [5.41, 5.74) is 5.14. The number of aromatic nitrogens is 4. The first kappa shape index (κ1) is 12.5. The highest BCUT2D eigenvalue weighted by Gasteiger charge is 1.75. The van der Waals surface area contributed by atoms with Crippen LogP contribution >= 0.6 is 0 Å². The maximum absolute atomic E-state index is 5.14. The number of H-pyrrole nitrogens is 2. The molecule has 0 spiro atoms. The largest absolute Gasteiger partial charge is 0.382 e. The van der Waals surface area contributed by atoms with Crippen LogP contribution in [0.25, 0.3) is 0 Å². The molecule has 0 saturated heterocycles. The predicted molar refractivity (Wildman–Crippen MR) is 68.0 cm³/mol. The topological polar surface area (TPSA) is 83.4 Å². The van der Waals surface area contributed by atoms with E-state index in [-0.39, 0.29) is 0 Å². The van der Waals surface area contributed by atoms with E-state index in [4.69, 9.17) is 5.73 Å². The summed E-state index contributed by atoms with van der Waals surface area (Å²) < 4.78 is 0. The number of aromatic amines is 2. The summed E-state index contributed by atoms with van der Waals surface area (Å²) in [6.07, 6.45) is 8.93. The van der Waals surface area contributed by atoms with Gasteiger partial charge in [-0.3, -0.25) is 10.1 Å². The van der Waals surface area contributed by atoms with Gasteiger partial charge >= 0.3 is 0 Å². The number of anilines is 1. The van der Waals surface area contributed by atoms with Crippen LogP contribution in [0, 0.1) is 0 Å². The second kappa shape index (κ2) is 8.72. The molecule has 0 unspecified atom stereocenters. The molecule has 0 bridgehead atoms. The van der Waals surface area contributed by atoms with E-state index < -0.39 is 0 Å². The van der Waals surface area contributed by atoms with Crippen molar-refractivity contribution < 1.29 is 0 Å². The number of nitrogens with zero attached hydrogens (tertiary/aromatic N) is 2. The van der Waals surface area contributed by atoms with Crippen LogP contribution in [0.4, 0.5) is 5.82 Å². The van der Waals surface area contributed by atoms with Crippen LogP contribution in [0.3, 0.4) is 0 Å². The molecule has 0 saturated carbocycles. The molecule has 88 valence electrons. The number of nitrogens with two attached hydrogens (primary N) is 1. The number of pyridine rings is 1. The molecule has 3 rings (SSSR count). The Labute approximate surface area is 99.7 Å². The molecule has 0 aliphatic carbocycles. The van der Waals surface area contributed by atoms with Gasteiger partial charge in [-0.2, -0.15) is 5.10 Å². The second-order valence-electron chi connectivity index (χ2n) is 2.91. The van der Waals surface area contributed by atoms with Crippen LogP contribution in [-0.4, -0.2) is 20.2 Å². The van der Waals surface area contributed by atoms with Gasteiger partial charge in [-0.25, -0.2) is 0 Å². The zero-order valence-corrected chi connectivity index (χ0v) is 9.32. The summed E-state index contributed by atoms with van der Waals surface area (Å²) in [6.45, 7) is 0. The number of nitrogens with one attached hydrogen (secondary N) is 2. The fourth-order valence-electron chi connectivity index (χ4n) is 0.862. The van der Waals surface area contributed by atoms with Gasteiger partial charge in [0.25, 0.3) is 0 Å². The van der Waals surface area contributed by atoms with E-state index in [0.717, 1.165) is 0 Å². The summed E-state index contributed by atoms with van der Waals surface area (Å²) in [5, 5.41) is 6.12. The van der Waals surface area contributed by atoms with E-state index in [1.165, 1.54) is 0 Å². The average molecular weight is 229 g/mol. The lowest BCUT2D eigenvalue weighted by Crippen LogP contribution is -1.81. The van der Waals surface area contributed by atoms with E-state index >= 15 is 0 Å². The van der Waals surface area contributed by atoms with Crippen molar-refractivity contribution in [2.24, 2.45) is 0 Å². The highest BCUT2D eigenvalue weighted by molar-refractivity contribution is 5.22. The van der Waals surface area contributed by atoms with E-state index in [0.29, 0.717) is 5.82 Å². The molecule has 0 amide bonds. The van der Waals surface area contributed by atoms with Gasteiger partial charge in [-0.1, -0.05) is 6.07 Å². The summed E-state index contributed by atoms with van der Waals surface area (Å²) in [4.78, 5) is 6.65. The highest BCUT2D eigenvalue weighted by Crippen LogP contribution is 1.86. The molecule has 0 aliphatic rings. The van der Waals surface area contributed by atoms with Crippen molar-refractivity contribution >= 4 is 5.82 Å². The van der Waals surface area contributed by atoms with Crippen molar-refractivity contribution in [2.75, 3.05) is 5.73 Å². The first-order valence-corrected chi connectivity index (χ1v) is 5.07. The van der Waals surface area contributed by atoms with Crippen molar-refractivity contribution in [3.05, 3.63) is 67.4 Å². The van der Waals surface area contributed by atoms with Crippen molar-refractivity contribution in [3.8, 4) is 0 Å². The van der Waals surface area contributed by atoms with Crippen LogP contribution in [0.2, 0.25) is 0 Å². The van der Waals surface area contributed by atoms with Crippen molar-refractivity contribution in [2.45, 2.75) is 0 Å². The quantitative estimate of drug-likeness (QED) is 0.552. The number of nitrogen functional groups attached to an aromatic ring is 1. The molecule has 0 aromatic carbocycles. The fourth-order valence-corrected chi connectivity index (χ4v) is 0.862. The first-order chi connectivity index (χ1) is 8.39. The maximum atomic E-state index is 5.14. The summed E-state index contributed by atoms with van der Waals surface area (Å²) in [7, 11) is 0. The smallest absolute Gasteiger partial charge is 0.145 e. The molecule has 0 aliphatic heterocycles. The molecule has 3 aromatic rings. The van der Waals surface area contributed by atoms with Gasteiger partial charge in [-0.05, 0) is 30.3 Å². The lowest BCUT2D eigenvalue weighted by atomic mass is 10.5. The molecule has 5 heteroatoms. The van der Waals surface area contributed by atoms with Gasteiger partial charge in [0, 0.05) is 31.0 Å². The Hall–Kier alpha value is -2.56. The SMILES string of the molecule is Nc1cc[nH]n1.c1cc[nH]c1.c1ccncc1. The second-order valence-corrected chi connectivity index (χ2v) is 2.91. The Morgan fingerprint density at radius 1 is 0.882 bits per heavy atom. The monoisotopic (exact) mass is 229 g/mol. The summed E-state index contributed by atoms with van der Waals surface area (Å²) in [6, 6.07) is 11.3. The average Bonchev–Trinajstić information content (AvgIpc) is 3.07. The standard InChI is InChI=1S/C5H5N.C4H5N.C3H5N3/c1-2-4-6-5-3-1;1-2-4-5-3-1;4-3-1-2-5-6-3/h1-5H;1-5H;1-2H,(H3,4,5,6). The van der Waals surface area contributed by atoms with Crippen LogP contribution in [-0.2, 0) is 0 Å². The van der Waals surface area contributed by atoms with Crippen LogP contribution in [0.15, 0.2) is 67.4 Å². The molecular weight excluding hydrogens is 214 g/mol. The zero-order chi connectivity index (χ0) is 12.2. The van der Waals surface area contributed by atoms with Crippen molar-refractivity contribution in [3.63, 3.8) is 0 Å². The molecule has 17 heavy (non-hydrogen) atoms. The Morgan fingerprint density at radius 3 is 1.76 bits per heavy atom. The van der Waals surface area contributed by atoms with E-state index in [1.54, 1.807) is 24.7 Å². The Bertz CT molecular complexity index is 389. The maximum Gasteiger partial charge on any atom is 0.145 e. The van der Waals surface area contributed by atoms with Crippen LogP contribution in [0.1, 0.15) is 0 Å². The lowest BCUT2D eigenvalue weighted by molar-refractivity contribution is 1.10. The third kappa shape index (κ3) is 7.38. The van der Waals surface area contributed by atoms with Crippen LogP contribution in [0.5, 0.6) is 0 Å². The van der Waals surface area contributed by atoms with Gasteiger partial charge in [0.2, 0.25) is 0 Å². The van der Waals surface area contributed by atoms with Gasteiger partial charge < -0.3 is 10.7 Å². The van der Waals surface area contributed by atoms with E-state index in [2.05, 4.69) is 20.2 Å². The summed E-state index contributed by atoms with van der Waals surface area (Å²) in [5.74, 6) is 0.537. The Balaban J connectivity index is 0.000000128. The number of rotatable bonds is 0. The molecule has 4 N–H and O–H groups in total. The Morgan fingerprint density at radius 2 is 1.59 bits per heavy atom. The number of hydrogen-bond acceptors (Lipinski definition) is 3. The first-order valence-electron chi connectivity index (χ1n) is 5.07. The molecule has 0 fully saturated rings. The third-order valence-electron chi connectivity index (χ3n) is 1.58. The highest BCUT2D eigenvalue weighted by atomic mass is 15.1. The fraction of sp³-hybridized carbons (Fsp3) is 0. The Kier molecular flexibility index (Phi) is 6.42. The molecule has 0 atom stereocenters. The van der Waals surface area contributed by atoms with Gasteiger partial charge in [-0.15, -0.1) is 0 Å². The molecular formula is C12H15N5. The van der Waals surface area contributed by atoms with E-state index in [9.17, 15) is 0 Å². The van der Waals surface area contributed by atoms with Gasteiger partial charge in [0.1, 0.15) is 5.82 Å². The normalized spacial score (nSPS) is 8.24. The minimum atomic E-state index is 0.537. The van der Waals surface area contributed by atoms with Crippen LogP contribution < -0.4 is 5.73 Å². The zero-order valence-electron chi connectivity index (χ0n) is 9.32. The minimum absolute atomic E-state index is 0.537. The molecule has 3 aromatic heterocycles. The summed E-state index contributed by atoms with van der Waals surface area (Å²) >= 11 is 0. The van der Waals surface area contributed by atoms with Gasteiger partial charge in [0.05, 0.1) is 0 Å². The lowest BCUT2D eigenvalue weighted by Gasteiger charge is -1.70. The van der Waals surface area contributed by atoms with Crippen molar-refractivity contribution in [1.82, 2.24) is 20.2 Å².